The first-order valence-electron chi connectivity index (χ1n) is 6.27. The second kappa shape index (κ2) is 6.92. The second-order valence-corrected chi connectivity index (χ2v) is 4.25. The van der Waals surface area contributed by atoms with Crippen molar-refractivity contribution in [2.24, 2.45) is 0 Å². The van der Waals surface area contributed by atoms with Crippen molar-refractivity contribution in [1.29, 1.82) is 0 Å². The molecule has 9 heteroatoms. The van der Waals surface area contributed by atoms with E-state index in [1.54, 1.807) is 6.07 Å². The molecule has 0 saturated carbocycles. The Morgan fingerprint density at radius 1 is 1.32 bits per heavy atom. The van der Waals surface area contributed by atoms with Crippen LogP contribution in [0.15, 0.2) is 35.2 Å². The van der Waals surface area contributed by atoms with E-state index in [9.17, 15) is 18.0 Å². The van der Waals surface area contributed by atoms with Crippen LogP contribution in [0.4, 0.5) is 13.2 Å². The van der Waals surface area contributed by atoms with E-state index in [1.165, 1.54) is 6.26 Å². The van der Waals surface area contributed by atoms with Gasteiger partial charge in [-0.15, -0.1) is 0 Å². The van der Waals surface area contributed by atoms with Crippen molar-refractivity contribution in [2.45, 2.75) is 12.6 Å². The number of ether oxygens (including phenoxy) is 1. The highest BCUT2D eigenvalue weighted by Gasteiger charge is 2.30. The molecule has 1 N–H and O–H groups in total. The maximum absolute atomic E-state index is 12.3. The lowest BCUT2D eigenvalue weighted by Crippen LogP contribution is -2.29. The van der Waals surface area contributed by atoms with Gasteiger partial charge in [0.05, 0.1) is 24.2 Å². The summed E-state index contributed by atoms with van der Waals surface area (Å²) < 4.78 is 46.7. The molecule has 0 fully saturated rings. The molecule has 2 aromatic heterocycles. The Morgan fingerprint density at radius 2 is 2.14 bits per heavy atom. The van der Waals surface area contributed by atoms with Gasteiger partial charge in [0.2, 0.25) is 11.8 Å². The Hall–Kier alpha value is -2.58. The average Bonchev–Trinajstić information content (AvgIpc) is 2.96. The topological polar surface area (TPSA) is 77.2 Å². The monoisotopic (exact) mass is 315 g/mol. The van der Waals surface area contributed by atoms with Gasteiger partial charge in [-0.25, -0.2) is 4.98 Å². The van der Waals surface area contributed by atoms with Crippen LogP contribution in [0.5, 0.6) is 5.88 Å². The summed E-state index contributed by atoms with van der Waals surface area (Å²) in [6, 6.07) is 3.58. The van der Waals surface area contributed by atoms with Gasteiger partial charge in [0.1, 0.15) is 12.9 Å². The fraction of sp³-hybridized carbons (Fsp3) is 0.308. The summed E-state index contributed by atoms with van der Waals surface area (Å²) in [6.07, 6.45) is -2.30. The quantitative estimate of drug-likeness (QED) is 0.823. The molecule has 0 radical (unpaired) electrons. The fourth-order valence-electron chi connectivity index (χ4n) is 1.54. The van der Waals surface area contributed by atoms with Crippen LogP contribution in [-0.4, -0.2) is 29.2 Å². The molecule has 6 nitrogen and oxygen atoms in total. The van der Waals surface area contributed by atoms with Gasteiger partial charge in [-0.05, 0) is 6.07 Å². The van der Waals surface area contributed by atoms with Crippen molar-refractivity contribution < 1.29 is 27.2 Å². The highest BCUT2D eigenvalue weighted by atomic mass is 19.4. The minimum absolute atomic E-state index is 0.0544. The van der Waals surface area contributed by atoms with Crippen LogP contribution in [-0.2, 0) is 17.4 Å². The SMILES string of the molecule is O=C(Cc1ccon1)NCCOc1ccc(C(F)(F)F)cn1. The van der Waals surface area contributed by atoms with Crippen LogP contribution in [0.2, 0.25) is 0 Å². The first kappa shape index (κ1) is 15.8. The molecule has 0 unspecified atom stereocenters. The molecule has 0 aliphatic carbocycles. The summed E-state index contributed by atoms with van der Waals surface area (Å²) in [5.74, 6) is -0.211. The van der Waals surface area contributed by atoms with Crippen LogP contribution in [0, 0.1) is 0 Å². The third kappa shape index (κ3) is 4.76. The highest BCUT2D eigenvalue weighted by molar-refractivity contribution is 5.77. The Labute approximate surface area is 123 Å². The van der Waals surface area contributed by atoms with Gasteiger partial charge in [-0.3, -0.25) is 4.79 Å². The normalized spacial score (nSPS) is 11.2. The summed E-state index contributed by atoms with van der Waals surface area (Å²) in [5, 5.41) is 6.16. The summed E-state index contributed by atoms with van der Waals surface area (Å²) in [6.45, 7) is 0.280. The first-order chi connectivity index (χ1) is 10.4. The van der Waals surface area contributed by atoms with E-state index in [4.69, 9.17) is 4.74 Å². The van der Waals surface area contributed by atoms with Crippen molar-refractivity contribution in [3.8, 4) is 5.88 Å². The number of aromatic nitrogens is 2. The molecule has 0 saturated heterocycles. The molecule has 0 spiro atoms. The lowest BCUT2D eigenvalue weighted by atomic mass is 10.3. The fourth-order valence-corrected chi connectivity index (χ4v) is 1.54. The molecule has 22 heavy (non-hydrogen) atoms. The van der Waals surface area contributed by atoms with Gasteiger partial charge in [-0.1, -0.05) is 5.16 Å². The number of carbonyl (C=O) groups is 1. The average molecular weight is 315 g/mol. The first-order valence-corrected chi connectivity index (χ1v) is 6.27. The van der Waals surface area contributed by atoms with Crippen molar-refractivity contribution in [1.82, 2.24) is 15.5 Å². The zero-order valence-corrected chi connectivity index (χ0v) is 11.3. The maximum atomic E-state index is 12.3. The van der Waals surface area contributed by atoms with Crippen molar-refractivity contribution in [3.63, 3.8) is 0 Å². The van der Waals surface area contributed by atoms with E-state index >= 15 is 0 Å². The molecule has 118 valence electrons. The zero-order chi connectivity index (χ0) is 16.0. The standard InChI is InChI=1S/C13H12F3N3O3/c14-13(15,16)9-1-2-12(18-8-9)21-6-4-17-11(20)7-10-3-5-22-19-10/h1-3,5,8H,4,6-7H2,(H,17,20). The Bertz CT molecular complexity index is 597. The minimum Gasteiger partial charge on any atom is -0.476 e. The molecular weight excluding hydrogens is 303 g/mol. The molecule has 0 aromatic carbocycles. The Balaban J connectivity index is 1.69. The molecular formula is C13H12F3N3O3. The van der Waals surface area contributed by atoms with E-state index in [0.717, 1.165) is 12.1 Å². The van der Waals surface area contributed by atoms with Gasteiger partial charge >= 0.3 is 6.18 Å². The smallest absolute Gasteiger partial charge is 0.417 e. The predicted molar refractivity (Wildman–Crippen MR) is 68.0 cm³/mol. The zero-order valence-electron chi connectivity index (χ0n) is 11.3. The van der Waals surface area contributed by atoms with Crippen molar-refractivity contribution >= 4 is 5.91 Å². The predicted octanol–water partition coefficient (Wildman–Crippen LogP) is 1.83. The van der Waals surface area contributed by atoms with Crippen LogP contribution in [0.25, 0.3) is 0 Å². The number of carbonyl (C=O) groups excluding carboxylic acids is 1. The molecule has 2 rings (SSSR count). The van der Waals surface area contributed by atoms with Gasteiger partial charge in [0, 0.05) is 18.3 Å². The number of alkyl halides is 3. The summed E-state index contributed by atoms with van der Waals surface area (Å²) in [5.41, 5.74) is -0.344. The number of halogens is 3. The molecule has 0 aliphatic rings. The molecule has 1 amide bonds. The summed E-state index contributed by atoms with van der Waals surface area (Å²) >= 11 is 0. The van der Waals surface area contributed by atoms with Crippen LogP contribution in [0.1, 0.15) is 11.3 Å². The summed E-state index contributed by atoms with van der Waals surface area (Å²) in [4.78, 5) is 15.0. The number of hydrogen-bond acceptors (Lipinski definition) is 5. The Kier molecular flexibility index (Phi) is 4.97. The molecule has 0 atom stereocenters. The number of nitrogens with one attached hydrogen (secondary N) is 1. The second-order valence-electron chi connectivity index (χ2n) is 4.25. The largest absolute Gasteiger partial charge is 0.476 e. The van der Waals surface area contributed by atoms with E-state index in [0.29, 0.717) is 11.9 Å². The van der Waals surface area contributed by atoms with Gasteiger partial charge < -0.3 is 14.6 Å². The molecule has 0 bridgehead atoms. The van der Waals surface area contributed by atoms with E-state index in [1.807, 2.05) is 0 Å². The van der Waals surface area contributed by atoms with Crippen LogP contribution < -0.4 is 10.1 Å². The highest BCUT2D eigenvalue weighted by Crippen LogP contribution is 2.29. The number of pyridine rings is 1. The van der Waals surface area contributed by atoms with Gasteiger partial charge in [0.15, 0.2) is 0 Å². The number of rotatable bonds is 6. The molecule has 2 heterocycles. The number of nitrogens with zero attached hydrogens (tertiary/aromatic N) is 2. The lowest BCUT2D eigenvalue weighted by Gasteiger charge is -2.08. The lowest BCUT2D eigenvalue weighted by molar-refractivity contribution is -0.137. The van der Waals surface area contributed by atoms with Crippen molar-refractivity contribution in [2.75, 3.05) is 13.2 Å². The van der Waals surface area contributed by atoms with Crippen LogP contribution >= 0.6 is 0 Å². The minimum atomic E-state index is -4.43. The van der Waals surface area contributed by atoms with E-state index in [2.05, 4.69) is 20.0 Å². The number of hydrogen-bond donors (Lipinski definition) is 1. The van der Waals surface area contributed by atoms with E-state index in [-0.39, 0.29) is 31.4 Å². The van der Waals surface area contributed by atoms with Gasteiger partial charge in [0.25, 0.3) is 0 Å². The Morgan fingerprint density at radius 3 is 2.73 bits per heavy atom. The van der Waals surface area contributed by atoms with Crippen molar-refractivity contribution in [3.05, 3.63) is 41.9 Å². The third-order valence-electron chi connectivity index (χ3n) is 2.57. The number of amides is 1. The van der Waals surface area contributed by atoms with E-state index < -0.39 is 11.7 Å². The summed E-state index contributed by atoms with van der Waals surface area (Å²) in [7, 11) is 0. The molecule has 2 aromatic rings. The van der Waals surface area contributed by atoms with Gasteiger partial charge in [-0.2, -0.15) is 13.2 Å². The maximum Gasteiger partial charge on any atom is 0.417 e. The third-order valence-corrected chi connectivity index (χ3v) is 2.57. The molecule has 0 aliphatic heterocycles. The van der Waals surface area contributed by atoms with Crippen LogP contribution in [0.3, 0.4) is 0 Å².